The summed E-state index contributed by atoms with van der Waals surface area (Å²) in [5.74, 6) is 2.63. The molecule has 2 nitrogen and oxygen atoms in total. The second-order valence-corrected chi connectivity index (χ2v) is 8.86. The van der Waals surface area contributed by atoms with E-state index < -0.39 is 0 Å². The molecule has 4 aliphatic rings. The van der Waals surface area contributed by atoms with Crippen molar-refractivity contribution >= 4 is 5.78 Å². The van der Waals surface area contributed by atoms with Crippen LogP contribution in [0.15, 0.2) is 11.6 Å². The van der Waals surface area contributed by atoms with Crippen LogP contribution >= 0.6 is 0 Å². The average molecular weight is 297 g/mol. The quantitative estimate of drug-likeness (QED) is 0.652. The van der Waals surface area contributed by atoms with Gasteiger partial charge in [0.05, 0.1) is 6.07 Å². The van der Waals surface area contributed by atoms with Crippen LogP contribution in [0, 0.1) is 45.8 Å². The first-order chi connectivity index (χ1) is 10.5. The van der Waals surface area contributed by atoms with Crippen molar-refractivity contribution in [2.45, 2.75) is 65.2 Å². The van der Waals surface area contributed by atoms with Crippen molar-refractivity contribution in [2.24, 2.45) is 34.5 Å². The molecule has 4 aliphatic carbocycles. The first kappa shape index (κ1) is 14.5. The Balaban J connectivity index is 1.72. The lowest BCUT2D eigenvalue weighted by Crippen LogP contribution is -2.50. The zero-order chi connectivity index (χ0) is 15.5. The summed E-state index contributed by atoms with van der Waals surface area (Å²) >= 11 is 0. The van der Waals surface area contributed by atoms with Crippen LogP contribution in [-0.2, 0) is 4.79 Å². The van der Waals surface area contributed by atoms with Crippen LogP contribution in [-0.4, -0.2) is 5.78 Å². The summed E-state index contributed by atoms with van der Waals surface area (Å²) in [7, 11) is 0. The van der Waals surface area contributed by atoms with Gasteiger partial charge in [-0.1, -0.05) is 19.4 Å². The number of carbonyl (C=O) groups is 1. The molecule has 0 aliphatic heterocycles. The van der Waals surface area contributed by atoms with Crippen LogP contribution in [0.4, 0.5) is 0 Å². The number of fused-ring (bicyclic) bond motifs is 5. The fourth-order valence-electron chi connectivity index (χ4n) is 6.77. The minimum Gasteiger partial charge on any atom is -0.295 e. The molecular weight excluding hydrogens is 270 g/mol. The molecule has 3 fully saturated rings. The van der Waals surface area contributed by atoms with E-state index in [-0.39, 0.29) is 11.3 Å². The normalized spacial score (nSPS) is 50.4. The maximum Gasteiger partial charge on any atom is 0.155 e. The number of allylic oxidation sites excluding steroid dienone is 1. The second kappa shape index (κ2) is 4.70. The van der Waals surface area contributed by atoms with Crippen LogP contribution in [0.1, 0.15) is 65.2 Å². The van der Waals surface area contributed by atoms with Gasteiger partial charge in [-0.2, -0.15) is 5.26 Å². The van der Waals surface area contributed by atoms with Gasteiger partial charge in [0, 0.05) is 12.3 Å². The third kappa shape index (κ3) is 1.81. The molecule has 0 aromatic rings. The lowest BCUT2D eigenvalue weighted by Gasteiger charge is -2.57. The first-order valence-electron chi connectivity index (χ1n) is 9.11. The molecule has 0 amide bonds. The summed E-state index contributed by atoms with van der Waals surface area (Å²) in [6, 6.07) is 2.64. The lowest BCUT2D eigenvalue weighted by molar-refractivity contribution is -0.117. The van der Waals surface area contributed by atoms with E-state index in [0.29, 0.717) is 29.0 Å². The van der Waals surface area contributed by atoms with E-state index in [4.69, 9.17) is 0 Å². The summed E-state index contributed by atoms with van der Waals surface area (Å²) in [6.45, 7) is 4.87. The third-order valence-corrected chi connectivity index (χ3v) is 7.96. The van der Waals surface area contributed by atoms with Crippen molar-refractivity contribution in [3.05, 3.63) is 11.6 Å². The molecular formula is C20H27NO. The number of rotatable bonds is 0. The van der Waals surface area contributed by atoms with Crippen molar-refractivity contribution in [1.82, 2.24) is 0 Å². The molecule has 0 bridgehead atoms. The van der Waals surface area contributed by atoms with E-state index in [1.807, 2.05) is 6.08 Å². The molecule has 0 radical (unpaired) electrons. The Kier molecular flexibility index (Phi) is 3.09. The Morgan fingerprint density at radius 3 is 2.68 bits per heavy atom. The lowest BCUT2D eigenvalue weighted by atomic mass is 9.47. The van der Waals surface area contributed by atoms with Gasteiger partial charge in [-0.3, -0.25) is 4.79 Å². The summed E-state index contributed by atoms with van der Waals surface area (Å²) in [5.41, 5.74) is 2.07. The average Bonchev–Trinajstić information content (AvgIpc) is 2.85. The van der Waals surface area contributed by atoms with E-state index in [0.717, 1.165) is 25.7 Å². The summed E-state index contributed by atoms with van der Waals surface area (Å²) in [5, 5.41) is 9.63. The van der Waals surface area contributed by atoms with Crippen molar-refractivity contribution in [2.75, 3.05) is 0 Å². The number of ketones is 1. The zero-order valence-electron chi connectivity index (χ0n) is 13.9. The van der Waals surface area contributed by atoms with Crippen LogP contribution < -0.4 is 0 Å². The Morgan fingerprint density at radius 2 is 1.91 bits per heavy atom. The molecule has 118 valence electrons. The minimum absolute atomic E-state index is 0.237. The summed E-state index contributed by atoms with van der Waals surface area (Å²) < 4.78 is 0. The predicted octanol–water partition coefficient (Wildman–Crippen LogP) is 4.66. The van der Waals surface area contributed by atoms with E-state index in [1.165, 1.54) is 31.3 Å². The molecule has 6 atom stereocenters. The zero-order valence-corrected chi connectivity index (χ0v) is 13.9. The van der Waals surface area contributed by atoms with Crippen LogP contribution in [0.2, 0.25) is 0 Å². The van der Waals surface area contributed by atoms with E-state index in [1.54, 1.807) is 0 Å². The van der Waals surface area contributed by atoms with Crippen molar-refractivity contribution in [3.63, 3.8) is 0 Å². The Labute approximate surface area is 134 Å². The number of carbonyl (C=O) groups excluding carboxylic acids is 1. The largest absolute Gasteiger partial charge is 0.295 e. The molecule has 0 saturated heterocycles. The molecule has 0 spiro atoms. The highest BCUT2D eigenvalue weighted by Gasteiger charge is 2.58. The maximum atomic E-state index is 11.8. The highest BCUT2D eigenvalue weighted by molar-refractivity contribution is 5.91. The Hall–Kier alpha value is -1.10. The number of hydrogen-bond acceptors (Lipinski definition) is 2. The van der Waals surface area contributed by atoms with Gasteiger partial charge >= 0.3 is 0 Å². The van der Waals surface area contributed by atoms with Crippen LogP contribution in [0.5, 0.6) is 0 Å². The van der Waals surface area contributed by atoms with Crippen molar-refractivity contribution in [3.8, 4) is 6.07 Å². The van der Waals surface area contributed by atoms with Gasteiger partial charge in [0.2, 0.25) is 0 Å². The topological polar surface area (TPSA) is 40.9 Å². The van der Waals surface area contributed by atoms with Gasteiger partial charge < -0.3 is 0 Å². The molecule has 3 saturated carbocycles. The highest BCUT2D eigenvalue weighted by Crippen LogP contribution is 2.66. The molecule has 2 heteroatoms. The minimum atomic E-state index is 0.237. The van der Waals surface area contributed by atoms with Gasteiger partial charge in [0.25, 0.3) is 0 Å². The monoisotopic (exact) mass is 297 g/mol. The first-order valence-corrected chi connectivity index (χ1v) is 9.11. The van der Waals surface area contributed by atoms with Gasteiger partial charge in [0.15, 0.2) is 5.78 Å². The van der Waals surface area contributed by atoms with Crippen molar-refractivity contribution < 1.29 is 4.79 Å². The van der Waals surface area contributed by atoms with Gasteiger partial charge in [-0.05, 0) is 79.6 Å². The van der Waals surface area contributed by atoms with Crippen molar-refractivity contribution in [1.29, 1.82) is 5.26 Å². The Morgan fingerprint density at radius 1 is 1.14 bits per heavy atom. The number of nitriles is 1. The molecule has 0 aromatic heterocycles. The van der Waals surface area contributed by atoms with Gasteiger partial charge in [-0.15, -0.1) is 0 Å². The molecule has 0 N–H and O–H groups in total. The second-order valence-electron chi connectivity index (χ2n) is 8.86. The molecule has 4 rings (SSSR count). The maximum absolute atomic E-state index is 11.8. The van der Waals surface area contributed by atoms with Crippen LogP contribution in [0.25, 0.3) is 0 Å². The highest BCUT2D eigenvalue weighted by atomic mass is 16.1. The van der Waals surface area contributed by atoms with Gasteiger partial charge in [0.1, 0.15) is 0 Å². The molecule has 0 aromatic carbocycles. The fourth-order valence-corrected chi connectivity index (χ4v) is 6.77. The fraction of sp³-hybridized carbons (Fsp3) is 0.800. The molecule has 22 heavy (non-hydrogen) atoms. The summed E-state index contributed by atoms with van der Waals surface area (Å²) in [6.07, 6.45) is 11.0. The number of nitrogens with zero attached hydrogens (tertiary/aromatic N) is 1. The van der Waals surface area contributed by atoms with E-state index in [2.05, 4.69) is 19.9 Å². The van der Waals surface area contributed by atoms with Gasteiger partial charge in [-0.25, -0.2) is 0 Å². The molecule has 1 unspecified atom stereocenters. The standard InChI is InChI=1S/C20H27NO/c1-19-8-5-13(12-21)18(19)16-4-3-14-11-15(22)6-10-20(14,2)17(16)7-9-19/h11,13,16-18H,3-10H2,1-2H3/t13?,16-,17+,18+,19+,20+/m1/s1. The predicted molar refractivity (Wildman–Crippen MR) is 85.8 cm³/mol. The molecule has 0 heterocycles. The van der Waals surface area contributed by atoms with E-state index >= 15 is 0 Å². The SMILES string of the molecule is C[C@@]12CCC(C#N)[C@H]1[C@@H]1CCC3=CC(=O)CC[C@]3(C)[C@H]1CC2. The summed E-state index contributed by atoms with van der Waals surface area (Å²) in [4.78, 5) is 11.8. The van der Waals surface area contributed by atoms with E-state index in [9.17, 15) is 10.1 Å². The third-order valence-electron chi connectivity index (χ3n) is 7.96. The van der Waals surface area contributed by atoms with Crippen LogP contribution in [0.3, 0.4) is 0 Å². The smallest absolute Gasteiger partial charge is 0.155 e. The number of hydrogen-bond donors (Lipinski definition) is 0. The Bertz CT molecular complexity index is 585.